The molecule has 0 spiro atoms. The number of carboxylic acid groups (broad SMARTS) is 1. The van der Waals surface area contributed by atoms with Crippen molar-refractivity contribution in [3.05, 3.63) is 35.1 Å². The Morgan fingerprint density at radius 3 is 2.48 bits per heavy atom. The van der Waals surface area contributed by atoms with Gasteiger partial charge in [-0.2, -0.15) is 0 Å². The number of aromatic carboxylic acids is 1. The fraction of sp³-hybridized carbons (Fsp3) is 0.286. The molecule has 0 aliphatic carbocycles. The van der Waals surface area contributed by atoms with Crippen LogP contribution in [0.15, 0.2) is 24.4 Å². The highest BCUT2D eigenvalue weighted by Gasteiger charge is 2.21. The minimum Gasteiger partial charge on any atom is -0.478 e. The van der Waals surface area contributed by atoms with Crippen LogP contribution in [0, 0.1) is 0 Å². The number of rotatable bonds is 3. The van der Waals surface area contributed by atoms with Gasteiger partial charge in [0.05, 0.1) is 11.3 Å². The third kappa shape index (κ3) is 3.26. The fourth-order valence-electron chi connectivity index (χ4n) is 2.50. The van der Waals surface area contributed by atoms with Crippen LogP contribution in [0.4, 0.5) is 17.3 Å². The molecule has 2 aromatic rings. The molecule has 9 heteroatoms. The van der Waals surface area contributed by atoms with Gasteiger partial charge in [0.1, 0.15) is 5.82 Å². The van der Waals surface area contributed by atoms with Crippen molar-refractivity contribution in [3.63, 3.8) is 0 Å². The van der Waals surface area contributed by atoms with Crippen LogP contribution in [0.3, 0.4) is 0 Å². The first-order valence-electron chi connectivity index (χ1n) is 7.02. The van der Waals surface area contributed by atoms with Crippen molar-refractivity contribution in [1.29, 1.82) is 0 Å². The van der Waals surface area contributed by atoms with E-state index in [0.717, 1.165) is 37.7 Å². The van der Waals surface area contributed by atoms with Gasteiger partial charge < -0.3 is 20.6 Å². The van der Waals surface area contributed by atoms with Crippen LogP contribution in [0.25, 0.3) is 0 Å². The lowest BCUT2D eigenvalue weighted by Gasteiger charge is -2.36. The van der Waals surface area contributed by atoms with Gasteiger partial charge >= 0.3 is 5.97 Å². The maximum absolute atomic E-state index is 10.9. The fourth-order valence-corrected chi connectivity index (χ4v) is 2.64. The topological polar surface area (TPSA) is 108 Å². The second-order valence-electron chi connectivity index (χ2n) is 5.12. The Labute approximate surface area is 137 Å². The van der Waals surface area contributed by atoms with Gasteiger partial charge in [0.2, 0.25) is 0 Å². The van der Waals surface area contributed by atoms with Gasteiger partial charge in [0.25, 0.3) is 0 Å². The molecule has 1 aliphatic heterocycles. The quantitative estimate of drug-likeness (QED) is 0.860. The number of carboxylic acids is 1. The Hall–Kier alpha value is -2.61. The second-order valence-corrected chi connectivity index (χ2v) is 5.51. The molecule has 3 rings (SSSR count). The van der Waals surface area contributed by atoms with E-state index in [1.807, 2.05) is 0 Å². The summed E-state index contributed by atoms with van der Waals surface area (Å²) in [6, 6.07) is 4.99. The van der Waals surface area contributed by atoms with E-state index >= 15 is 0 Å². The molecule has 3 N–H and O–H groups in total. The third-order valence-corrected chi connectivity index (χ3v) is 3.90. The van der Waals surface area contributed by atoms with E-state index in [1.54, 1.807) is 18.2 Å². The van der Waals surface area contributed by atoms with E-state index in [-0.39, 0.29) is 5.56 Å². The molecule has 8 nitrogen and oxygen atoms in total. The molecular weight excluding hydrogens is 320 g/mol. The molecule has 0 radical (unpaired) electrons. The molecule has 0 atom stereocenters. The van der Waals surface area contributed by atoms with Crippen molar-refractivity contribution in [2.75, 3.05) is 41.7 Å². The SMILES string of the molecule is Nc1nnc(Cl)cc1N1CCN(c2ccc(C(=O)O)cn2)CC1. The van der Waals surface area contributed by atoms with E-state index in [9.17, 15) is 4.79 Å². The molecule has 0 saturated carbocycles. The van der Waals surface area contributed by atoms with Crippen LogP contribution in [0.5, 0.6) is 0 Å². The van der Waals surface area contributed by atoms with E-state index < -0.39 is 5.97 Å². The van der Waals surface area contributed by atoms with Crippen LogP contribution in [-0.2, 0) is 0 Å². The van der Waals surface area contributed by atoms with Crippen molar-refractivity contribution >= 4 is 34.9 Å². The first-order valence-corrected chi connectivity index (χ1v) is 7.40. The number of nitrogens with two attached hydrogens (primary N) is 1. The second kappa shape index (κ2) is 6.25. The van der Waals surface area contributed by atoms with Crippen LogP contribution in [0.1, 0.15) is 10.4 Å². The summed E-state index contributed by atoms with van der Waals surface area (Å²) in [5, 5.41) is 16.8. The lowest BCUT2D eigenvalue weighted by molar-refractivity contribution is 0.0696. The van der Waals surface area contributed by atoms with E-state index in [1.165, 1.54) is 6.20 Å². The Morgan fingerprint density at radius 2 is 1.87 bits per heavy atom. The molecule has 2 aromatic heterocycles. The van der Waals surface area contributed by atoms with Crippen LogP contribution in [0.2, 0.25) is 5.15 Å². The number of carbonyl (C=O) groups is 1. The highest BCUT2D eigenvalue weighted by Crippen LogP contribution is 2.25. The Bertz CT molecular complexity index is 716. The zero-order chi connectivity index (χ0) is 16.4. The van der Waals surface area contributed by atoms with Gasteiger partial charge in [-0.3, -0.25) is 0 Å². The van der Waals surface area contributed by atoms with Crippen LogP contribution in [-0.4, -0.2) is 52.4 Å². The number of piperazine rings is 1. The third-order valence-electron chi connectivity index (χ3n) is 3.71. The summed E-state index contributed by atoms with van der Waals surface area (Å²) in [6.45, 7) is 2.93. The van der Waals surface area contributed by atoms with Crippen molar-refractivity contribution < 1.29 is 9.90 Å². The minimum atomic E-state index is -0.980. The van der Waals surface area contributed by atoms with Gasteiger partial charge in [-0.15, -0.1) is 10.2 Å². The van der Waals surface area contributed by atoms with Crippen LogP contribution < -0.4 is 15.5 Å². The summed E-state index contributed by atoms with van der Waals surface area (Å²) in [7, 11) is 0. The predicted octanol–water partition coefficient (Wildman–Crippen LogP) is 1.13. The molecule has 1 aliphatic rings. The summed E-state index contributed by atoms with van der Waals surface area (Å²) >= 11 is 5.88. The van der Waals surface area contributed by atoms with Gasteiger partial charge in [-0.1, -0.05) is 11.6 Å². The molecule has 0 unspecified atom stereocenters. The maximum atomic E-state index is 10.9. The molecular formula is C14H15ClN6O2. The molecule has 0 bridgehead atoms. The Morgan fingerprint density at radius 1 is 1.17 bits per heavy atom. The smallest absolute Gasteiger partial charge is 0.337 e. The number of hydrogen-bond donors (Lipinski definition) is 2. The number of halogens is 1. The summed E-state index contributed by atoms with van der Waals surface area (Å²) in [6.07, 6.45) is 1.37. The van der Waals surface area contributed by atoms with Crippen molar-refractivity contribution in [2.24, 2.45) is 0 Å². The molecule has 3 heterocycles. The van der Waals surface area contributed by atoms with Gasteiger partial charge in [0, 0.05) is 38.4 Å². The van der Waals surface area contributed by atoms with E-state index in [0.29, 0.717) is 11.0 Å². The van der Waals surface area contributed by atoms with Crippen molar-refractivity contribution in [2.45, 2.75) is 0 Å². The van der Waals surface area contributed by atoms with Crippen molar-refractivity contribution in [3.8, 4) is 0 Å². The highest BCUT2D eigenvalue weighted by atomic mass is 35.5. The normalized spacial score (nSPS) is 14.8. The lowest BCUT2D eigenvalue weighted by atomic mass is 10.2. The van der Waals surface area contributed by atoms with Crippen LogP contribution >= 0.6 is 11.6 Å². The molecule has 0 amide bonds. The summed E-state index contributed by atoms with van der Waals surface area (Å²) in [4.78, 5) is 19.3. The maximum Gasteiger partial charge on any atom is 0.337 e. The Kier molecular flexibility index (Phi) is 4.16. The molecule has 1 fully saturated rings. The average molecular weight is 335 g/mol. The lowest BCUT2D eigenvalue weighted by Crippen LogP contribution is -2.47. The number of nitrogens with zero attached hydrogens (tertiary/aromatic N) is 5. The zero-order valence-electron chi connectivity index (χ0n) is 12.2. The van der Waals surface area contributed by atoms with E-state index in [2.05, 4.69) is 25.0 Å². The number of anilines is 3. The van der Waals surface area contributed by atoms with E-state index in [4.69, 9.17) is 22.4 Å². The summed E-state index contributed by atoms with van der Waals surface area (Å²) in [5.41, 5.74) is 6.81. The minimum absolute atomic E-state index is 0.178. The summed E-state index contributed by atoms with van der Waals surface area (Å²) in [5.74, 6) is 0.131. The molecule has 0 aromatic carbocycles. The van der Waals surface area contributed by atoms with Gasteiger partial charge in [0.15, 0.2) is 11.0 Å². The summed E-state index contributed by atoms with van der Waals surface area (Å²) < 4.78 is 0. The number of aromatic nitrogens is 3. The van der Waals surface area contributed by atoms with Crippen molar-refractivity contribution in [1.82, 2.24) is 15.2 Å². The number of hydrogen-bond acceptors (Lipinski definition) is 7. The first kappa shape index (κ1) is 15.3. The first-order chi connectivity index (χ1) is 11.0. The van der Waals surface area contributed by atoms with Gasteiger partial charge in [-0.05, 0) is 12.1 Å². The standard InChI is InChI=1S/C14H15ClN6O2/c15-11-7-10(13(16)19-18-11)20-3-5-21(6-4-20)12-2-1-9(8-17-12)14(22)23/h1-2,7-8H,3-6H2,(H2,16,19)(H,22,23). The molecule has 1 saturated heterocycles. The monoisotopic (exact) mass is 334 g/mol. The average Bonchev–Trinajstić information content (AvgIpc) is 2.57. The highest BCUT2D eigenvalue weighted by molar-refractivity contribution is 6.29. The van der Waals surface area contributed by atoms with Gasteiger partial charge in [-0.25, -0.2) is 9.78 Å². The predicted molar refractivity (Wildman–Crippen MR) is 87.1 cm³/mol. The zero-order valence-corrected chi connectivity index (χ0v) is 12.9. The Balaban J connectivity index is 1.68. The number of nitrogen functional groups attached to an aromatic ring is 1. The molecule has 23 heavy (non-hydrogen) atoms. The largest absolute Gasteiger partial charge is 0.478 e. The number of pyridine rings is 1. The molecule has 120 valence electrons.